The first-order valence-electron chi connectivity index (χ1n) is 7.90. The molecule has 0 bridgehead atoms. The normalized spacial score (nSPS) is 10.7. The lowest BCUT2D eigenvalue weighted by Crippen LogP contribution is -2.24. The second-order valence-electron chi connectivity index (χ2n) is 5.49. The molecular formula is C18H17N3O3S2. The van der Waals surface area contributed by atoms with Gasteiger partial charge in [-0.25, -0.2) is 9.97 Å². The van der Waals surface area contributed by atoms with Gasteiger partial charge in [0.2, 0.25) is 5.91 Å². The summed E-state index contributed by atoms with van der Waals surface area (Å²) in [6.07, 6.45) is 1.54. The number of thiophene rings is 1. The standard InChI is InChI=1S/C18H17N3O3S2/c1-11-16(12(2)22)18(21-17(20-11)14-6-3-7-24-14)26-10-15(23)19-9-13-5-4-8-25-13/h3-8H,9-10H2,1-2H3,(H,19,23). The van der Waals surface area contributed by atoms with Gasteiger partial charge in [0.15, 0.2) is 17.4 Å². The molecule has 0 aromatic carbocycles. The number of carbonyl (C=O) groups excluding carboxylic acids is 2. The molecule has 3 rings (SSSR count). The first kappa shape index (κ1) is 18.3. The van der Waals surface area contributed by atoms with Crippen LogP contribution in [0.5, 0.6) is 0 Å². The fourth-order valence-corrected chi connectivity index (χ4v) is 3.96. The molecule has 8 heteroatoms. The van der Waals surface area contributed by atoms with Gasteiger partial charge in [0.05, 0.1) is 29.8 Å². The number of nitrogens with zero attached hydrogens (tertiary/aromatic N) is 2. The van der Waals surface area contributed by atoms with Crippen molar-refractivity contribution in [2.75, 3.05) is 5.75 Å². The molecule has 1 N–H and O–H groups in total. The van der Waals surface area contributed by atoms with E-state index in [1.807, 2.05) is 17.5 Å². The lowest BCUT2D eigenvalue weighted by Gasteiger charge is -2.10. The van der Waals surface area contributed by atoms with Crippen molar-refractivity contribution in [1.82, 2.24) is 15.3 Å². The molecule has 0 unspecified atom stereocenters. The van der Waals surface area contributed by atoms with Crippen molar-refractivity contribution in [3.63, 3.8) is 0 Å². The second kappa shape index (κ2) is 8.29. The maximum Gasteiger partial charge on any atom is 0.230 e. The van der Waals surface area contributed by atoms with Crippen LogP contribution in [0.4, 0.5) is 0 Å². The average Bonchev–Trinajstić information content (AvgIpc) is 3.30. The number of rotatable bonds is 7. The SMILES string of the molecule is CC(=O)c1c(C)nc(-c2ccco2)nc1SCC(=O)NCc1cccs1. The summed E-state index contributed by atoms with van der Waals surface area (Å²) in [4.78, 5) is 34.0. The number of furan rings is 1. The fraction of sp³-hybridized carbons (Fsp3) is 0.222. The Bertz CT molecular complexity index is 906. The van der Waals surface area contributed by atoms with Crippen LogP contribution in [0.25, 0.3) is 11.6 Å². The van der Waals surface area contributed by atoms with Crippen molar-refractivity contribution in [3.8, 4) is 11.6 Å². The van der Waals surface area contributed by atoms with E-state index < -0.39 is 0 Å². The highest BCUT2D eigenvalue weighted by Crippen LogP contribution is 2.27. The Hall–Kier alpha value is -2.45. The molecule has 3 aromatic rings. The van der Waals surface area contributed by atoms with E-state index in [2.05, 4.69) is 15.3 Å². The fourth-order valence-electron chi connectivity index (χ4n) is 2.36. The lowest BCUT2D eigenvalue weighted by atomic mass is 10.2. The predicted molar refractivity (Wildman–Crippen MR) is 101 cm³/mol. The molecule has 0 aliphatic heterocycles. The van der Waals surface area contributed by atoms with Gasteiger partial charge in [-0.1, -0.05) is 17.8 Å². The zero-order valence-corrected chi connectivity index (χ0v) is 15.9. The minimum atomic E-state index is -0.130. The van der Waals surface area contributed by atoms with Crippen molar-refractivity contribution < 1.29 is 14.0 Å². The average molecular weight is 387 g/mol. The molecule has 3 heterocycles. The smallest absolute Gasteiger partial charge is 0.230 e. The molecule has 0 aliphatic carbocycles. The third kappa shape index (κ3) is 4.39. The van der Waals surface area contributed by atoms with Crippen molar-refractivity contribution >= 4 is 34.8 Å². The summed E-state index contributed by atoms with van der Waals surface area (Å²) in [6.45, 7) is 3.72. The Balaban J connectivity index is 1.74. The van der Waals surface area contributed by atoms with Crippen LogP contribution in [0.1, 0.15) is 27.9 Å². The van der Waals surface area contributed by atoms with E-state index in [1.54, 1.807) is 30.4 Å². The van der Waals surface area contributed by atoms with Crippen molar-refractivity contribution in [1.29, 1.82) is 0 Å². The number of nitrogens with one attached hydrogen (secondary N) is 1. The second-order valence-corrected chi connectivity index (χ2v) is 7.49. The van der Waals surface area contributed by atoms with Gasteiger partial charge < -0.3 is 9.73 Å². The van der Waals surface area contributed by atoms with Gasteiger partial charge in [-0.15, -0.1) is 11.3 Å². The van der Waals surface area contributed by atoms with Crippen molar-refractivity contribution in [3.05, 3.63) is 52.0 Å². The van der Waals surface area contributed by atoms with Crippen LogP contribution in [-0.4, -0.2) is 27.4 Å². The van der Waals surface area contributed by atoms with E-state index in [0.717, 1.165) is 4.88 Å². The van der Waals surface area contributed by atoms with E-state index in [9.17, 15) is 9.59 Å². The van der Waals surface area contributed by atoms with Crippen LogP contribution in [0.15, 0.2) is 45.4 Å². The number of thioether (sulfide) groups is 1. The molecule has 3 aromatic heterocycles. The van der Waals surface area contributed by atoms with Crippen LogP contribution < -0.4 is 5.32 Å². The number of carbonyl (C=O) groups is 2. The quantitative estimate of drug-likeness (QED) is 0.378. The molecule has 6 nitrogen and oxygen atoms in total. The maximum atomic E-state index is 12.1. The van der Waals surface area contributed by atoms with Gasteiger partial charge in [-0.2, -0.15) is 0 Å². The predicted octanol–water partition coefficient (Wildman–Crippen LogP) is 3.72. The molecule has 1 amide bonds. The topological polar surface area (TPSA) is 85.1 Å². The number of hydrogen-bond donors (Lipinski definition) is 1. The highest BCUT2D eigenvalue weighted by Gasteiger charge is 2.18. The van der Waals surface area contributed by atoms with Gasteiger partial charge in [0.25, 0.3) is 0 Å². The van der Waals surface area contributed by atoms with Crippen molar-refractivity contribution in [2.45, 2.75) is 25.4 Å². The summed E-state index contributed by atoms with van der Waals surface area (Å²) in [6, 6.07) is 7.41. The zero-order valence-electron chi connectivity index (χ0n) is 14.3. The van der Waals surface area contributed by atoms with Crippen LogP contribution in [0.2, 0.25) is 0 Å². The van der Waals surface area contributed by atoms with Crippen LogP contribution >= 0.6 is 23.1 Å². The summed E-state index contributed by atoms with van der Waals surface area (Å²) in [7, 11) is 0. The van der Waals surface area contributed by atoms with Gasteiger partial charge >= 0.3 is 0 Å². The molecule has 134 valence electrons. The number of hydrogen-bond acceptors (Lipinski definition) is 7. The Kier molecular flexibility index (Phi) is 5.85. The molecular weight excluding hydrogens is 370 g/mol. The molecule has 0 fully saturated rings. The Morgan fingerprint density at radius 3 is 2.77 bits per heavy atom. The molecule has 0 saturated heterocycles. The Morgan fingerprint density at radius 1 is 1.27 bits per heavy atom. The molecule has 26 heavy (non-hydrogen) atoms. The van der Waals surface area contributed by atoms with Gasteiger partial charge in [-0.05, 0) is 37.4 Å². The van der Waals surface area contributed by atoms with E-state index in [1.165, 1.54) is 24.9 Å². The largest absolute Gasteiger partial charge is 0.461 e. The summed E-state index contributed by atoms with van der Waals surface area (Å²) in [5.41, 5.74) is 1.01. The summed E-state index contributed by atoms with van der Waals surface area (Å²) >= 11 is 2.81. The number of Topliss-reactive ketones (excluding diaryl/α,β-unsaturated/α-hetero) is 1. The maximum absolute atomic E-state index is 12.1. The number of aryl methyl sites for hydroxylation is 1. The van der Waals surface area contributed by atoms with Crippen molar-refractivity contribution in [2.24, 2.45) is 0 Å². The van der Waals surface area contributed by atoms with Crippen LogP contribution in [-0.2, 0) is 11.3 Å². The van der Waals surface area contributed by atoms with Gasteiger partial charge in [0.1, 0.15) is 5.03 Å². The Labute approximate surface area is 159 Å². The number of ketones is 1. The first-order chi connectivity index (χ1) is 12.5. The molecule has 0 radical (unpaired) electrons. The zero-order chi connectivity index (χ0) is 18.5. The monoisotopic (exact) mass is 387 g/mol. The highest BCUT2D eigenvalue weighted by molar-refractivity contribution is 8.00. The molecule has 0 atom stereocenters. The summed E-state index contributed by atoms with van der Waals surface area (Å²) < 4.78 is 5.34. The van der Waals surface area contributed by atoms with Gasteiger partial charge in [0, 0.05) is 4.88 Å². The minimum Gasteiger partial charge on any atom is -0.461 e. The van der Waals surface area contributed by atoms with E-state index in [4.69, 9.17) is 4.42 Å². The molecule has 0 spiro atoms. The molecule has 0 saturated carbocycles. The Morgan fingerprint density at radius 2 is 2.12 bits per heavy atom. The third-order valence-corrected chi connectivity index (χ3v) is 5.38. The van der Waals surface area contributed by atoms with Crippen LogP contribution in [0.3, 0.4) is 0 Å². The van der Waals surface area contributed by atoms with Crippen LogP contribution in [0, 0.1) is 6.92 Å². The number of amides is 1. The summed E-state index contributed by atoms with van der Waals surface area (Å²) in [5.74, 6) is 0.842. The third-order valence-electron chi connectivity index (χ3n) is 3.53. The number of aromatic nitrogens is 2. The van der Waals surface area contributed by atoms with Gasteiger partial charge in [-0.3, -0.25) is 9.59 Å². The minimum absolute atomic E-state index is 0.117. The molecule has 0 aliphatic rings. The lowest BCUT2D eigenvalue weighted by molar-refractivity contribution is -0.118. The first-order valence-corrected chi connectivity index (χ1v) is 9.76. The van der Waals surface area contributed by atoms with E-state index in [0.29, 0.717) is 34.4 Å². The highest BCUT2D eigenvalue weighted by atomic mass is 32.2. The summed E-state index contributed by atoms with van der Waals surface area (Å²) in [5, 5.41) is 5.32. The van der Waals surface area contributed by atoms with E-state index in [-0.39, 0.29) is 17.4 Å². The van der Waals surface area contributed by atoms with E-state index >= 15 is 0 Å².